The standard InChI is InChI=1S/C31H41N9O3/c1-5-25-22-39(27(41)6-2)18-15-36(25)19-20-40-28(42)12-7-23-21-32-30(34-29(23)40)33-24-8-10-26(11-9-24)37-13-16-38(17-14-37)31(43)35(3)4/h6-12,21,25H,2,5,13-20,22H2,1,3-4H3,(H,32,33,34). The summed E-state index contributed by atoms with van der Waals surface area (Å²) >= 11 is 0. The predicted molar refractivity (Wildman–Crippen MR) is 169 cm³/mol. The van der Waals surface area contributed by atoms with Gasteiger partial charge < -0.3 is 24.9 Å². The second-order valence-corrected chi connectivity index (χ2v) is 11.2. The van der Waals surface area contributed by atoms with Crippen molar-refractivity contribution in [1.29, 1.82) is 0 Å². The summed E-state index contributed by atoms with van der Waals surface area (Å²) in [5.41, 5.74) is 2.41. The summed E-state index contributed by atoms with van der Waals surface area (Å²) in [5, 5.41) is 4.07. The number of rotatable bonds is 8. The predicted octanol–water partition coefficient (Wildman–Crippen LogP) is 2.45. The lowest BCUT2D eigenvalue weighted by atomic mass is 10.1. The highest BCUT2D eigenvalue weighted by Gasteiger charge is 2.27. The fraction of sp³-hybridized carbons (Fsp3) is 0.452. The molecule has 0 spiro atoms. The molecule has 43 heavy (non-hydrogen) atoms. The normalized spacial score (nSPS) is 17.7. The number of piperazine rings is 2. The van der Waals surface area contributed by atoms with Gasteiger partial charge >= 0.3 is 6.03 Å². The maximum Gasteiger partial charge on any atom is 0.319 e. The molecule has 12 heteroatoms. The van der Waals surface area contributed by atoms with Gasteiger partial charge in [0, 0.05) is 108 Å². The first-order valence-corrected chi connectivity index (χ1v) is 14.9. The molecule has 228 valence electrons. The van der Waals surface area contributed by atoms with E-state index in [0.29, 0.717) is 50.9 Å². The van der Waals surface area contributed by atoms with Crippen LogP contribution in [0.1, 0.15) is 13.3 Å². The number of benzene rings is 1. The average Bonchev–Trinajstić information content (AvgIpc) is 3.04. The second kappa shape index (κ2) is 13.2. The third-order valence-corrected chi connectivity index (χ3v) is 8.32. The summed E-state index contributed by atoms with van der Waals surface area (Å²) in [5.74, 6) is 0.379. The molecule has 1 aromatic carbocycles. The minimum Gasteiger partial charge on any atom is -0.368 e. The average molecular weight is 588 g/mol. The molecule has 0 radical (unpaired) electrons. The number of nitrogens with one attached hydrogen (secondary N) is 1. The Labute approximate surface area is 252 Å². The maximum absolute atomic E-state index is 13.0. The topological polar surface area (TPSA) is 110 Å². The van der Waals surface area contributed by atoms with Crippen molar-refractivity contribution in [2.75, 3.05) is 76.7 Å². The maximum atomic E-state index is 13.0. The molecule has 3 amide bonds. The van der Waals surface area contributed by atoms with Crippen LogP contribution in [0, 0.1) is 0 Å². The minimum atomic E-state index is -0.109. The summed E-state index contributed by atoms with van der Waals surface area (Å²) in [6, 6.07) is 11.7. The monoisotopic (exact) mass is 587 g/mol. The molecule has 0 bridgehead atoms. The fourth-order valence-corrected chi connectivity index (χ4v) is 5.80. The van der Waals surface area contributed by atoms with Crippen LogP contribution in [0.25, 0.3) is 11.0 Å². The van der Waals surface area contributed by atoms with Crippen molar-refractivity contribution in [2.45, 2.75) is 25.9 Å². The molecule has 12 nitrogen and oxygen atoms in total. The summed E-state index contributed by atoms with van der Waals surface area (Å²) in [6.07, 6.45) is 4.02. The number of carbonyl (C=O) groups is 2. The molecule has 2 fully saturated rings. The second-order valence-electron chi connectivity index (χ2n) is 11.2. The van der Waals surface area contributed by atoms with Crippen LogP contribution in [-0.4, -0.2) is 119 Å². The molecule has 0 saturated carbocycles. The van der Waals surface area contributed by atoms with Crippen LogP contribution >= 0.6 is 0 Å². The largest absolute Gasteiger partial charge is 0.368 e. The zero-order chi connectivity index (χ0) is 30.5. The van der Waals surface area contributed by atoms with Crippen LogP contribution in [0.2, 0.25) is 0 Å². The van der Waals surface area contributed by atoms with Crippen molar-refractivity contribution >= 4 is 40.3 Å². The third-order valence-electron chi connectivity index (χ3n) is 8.32. The number of hydrogen-bond donors (Lipinski definition) is 1. The van der Waals surface area contributed by atoms with Crippen LogP contribution < -0.4 is 15.8 Å². The lowest BCUT2D eigenvalue weighted by molar-refractivity contribution is -0.129. The first kappa shape index (κ1) is 30.0. The van der Waals surface area contributed by atoms with Gasteiger partial charge in [-0.05, 0) is 42.8 Å². The van der Waals surface area contributed by atoms with Crippen LogP contribution in [0.15, 0.2) is 60.0 Å². The highest BCUT2D eigenvalue weighted by Crippen LogP contribution is 2.22. The number of aromatic nitrogens is 3. The van der Waals surface area contributed by atoms with Crippen LogP contribution in [0.5, 0.6) is 0 Å². The zero-order valence-electron chi connectivity index (χ0n) is 25.3. The van der Waals surface area contributed by atoms with Gasteiger partial charge in [0.1, 0.15) is 5.65 Å². The summed E-state index contributed by atoms with van der Waals surface area (Å²) in [6.45, 7) is 11.9. The molecule has 2 saturated heterocycles. The number of pyridine rings is 1. The lowest BCUT2D eigenvalue weighted by Gasteiger charge is -2.41. The van der Waals surface area contributed by atoms with Gasteiger partial charge in [0.25, 0.3) is 5.56 Å². The van der Waals surface area contributed by atoms with E-state index in [1.165, 1.54) is 6.08 Å². The molecule has 1 unspecified atom stereocenters. The first-order chi connectivity index (χ1) is 20.8. The van der Waals surface area contributed by atoms with Crippen molar-refractivity contribution in [1.82, 2.24) is 34.1 Å². The smallest absolute Gasteiger partial charge is 0.319 e. The third kappa shape index (κ3) is 6.80. The van der Waals surface area contributed by atoms with E-state index in [2.05, 4.69) is 45.7 Å². The Morgan fingerprint density at radius 1 is 1.00 bits per heavy atom. The Morgan fingerprint density at radius 2 is 1.72 bits per heavy atom. The van der Waals surface area contributed by atoms with E-state index in [0.717, 1.165) is 42.8 Å². The summed E-state index contributed by atoms with van der Waals surface area (Å²) < 4.78 is 1.71. The van der Waals surface area contributed by atoms with Gasteiger partial charge in [-0.15, -0.1) is 0 Å². The molecule has 5 rings (SSSR count). The number of carbonyl (C=O) groups excluding carboxylic acids is 2. The van der Waals surface area contributed by atoms with Crippen molar-refractivity contribution < 1.29 is 9.59 Å². The Morgan fingerprint density at radius 3 is 2.40 bits per heavy atom. The number of hydrogen-bond acceptors (Lipinski definition) is 8. The molecule has 1 N–H and O–H groups in total. The Hall–Kier alpha value is -4.45. The molecule has 3 aromatic rings. The molecule has 2 aromatic heterocycles. The SMILES string of the molecule is C=CC(=O)N1CCN(CCn2c(=O)ccc3cnc(Nc4ccc(N5CCN(C(=O)N(C)C)CC5)cc4)nc32)C(CC)C1. The van der Waals surface area contributed by atoms with E-state index >= 15 is 0 Å². The lowest BCUT2D eigenvalue weighted by Crippen LogP contribution is -2.55. The molecule has 4 heterocycles. The highest BCUT2D eigenvalue weighted by molar-refractivity contribution is 5.87. The van der Waals surface area contributed by atoms with E-state index in [1.807, 2.05) is 21.9 Å². The molecule has 2 aliphatic heterocycles. The quantitative estimate of drug-likeness (QED) is 0.401. The Balaban J connectivity index is 1.25. The highest BCUT2D eigenvalue weighted by atomic mass is 16.2. The van der Waals surface area contributed by atoms with Gasteiger partial charge in [-0.2, -0.15) is 4.98 Å². The van der Waals surface area contributed by atoms with Crippen molar-refractivity contribution in [3.8, 4) is 0 Å². The van der Waals surface area contributed by atoms with Gasteiger partial charge in [-0.25, -0.2) is 9.78 Å². The Kier molecular flexibility index (Phi) is 9.24. The van der Waals surface area contributed by atoms with Gasteiger partial charge in [0.2, 0.25) is 11.9 Å². The van der Waals surface area contributed by atoms with E-state index in [1.54, 1.807) is 41.9 Å². The van der Waals surface area contributed by atoms with E-state index in [-0.39, 0.29) is 23.5 Å². The van der Waals surface area contributed by atoms with Crippen molar-refractivity contribution in [3.63, 3.8) is 0 Å². The molecular weight excluding hydrogens is 546 g/mol. The number of amides is 3. The van der Waals surface area contributed by atoms with Crippen molar-refractivity contribution in [3.05, 3.63) is 65.6 Å². The number of fused-ring (bicyclic) bond motifs is 1. The molecule has 0 aliphatic carbocycles. The minimum absolute atomic E-state index is 0.0362. The number of nitrogens with zero attached hydrogens (tertiary/aromatic N) is 8. The van der Waals surface area contributed by atoms with Gasteiger partial charge in [0.05, 0.1) is 0 Å². The Bertz CT molecular complexity index is 1510. The first-order valence-electron chi connectivity index (χ1n) is 14.9. The van der Waals surface area contributed by atoms with E-state index < -0.39 is 0 Å². The van der Waals surface area contributed by atoms with E-state index in [9.17, 15) is 14.4 Å². The fourth-order valence-electron chi connectivity index (χ4n) is 5.80. The summed E-state index contributed by atoms with van der Waals surface area (Å²) in [7, 11) is 3.55. The zero-order valence-corrected chi connectivity index (χ0v) is 25.3. The van der Waals surface area contributed by atoms with Gasteiger partial charge in [-0.3, -0.25) is 19.1 Å². The van der Waals surface area contributed by atoms with Gasteiger partial charge in [0.15, 0.2) is 0 Å². The van der Waals surface area contributed by atoms with Crippen LogP contribution in [0.4, 0.5) is 22.1 Å². The molecule has 2 aliphatic rings. The number of urea groups is 1. The van der Waals surface area contributed by atoms with Gasteiger partial charge in [-0.1, -0.05) is 13.5 Å². The summed E-state index contributed by atoms with van der Waals surface area (Å²) in [4.78, 5) is 56.5. The number of anilines is 3. The van der Waals surface area contributed by atoms with Crippen molar-refractivity contribution in [2.24, 2.45) is 0 Å². The van der Waals surface area contributed by atoms with Crippen LogP contribution in [0.3, 0.4) is 0 Å². The molecular formula is C31H41N9O3. The molecule has 1 atom stereocenters. The van der Waals surface area contributed by atoms with E-state index in [4.69, 9.17) is 4.98 Å². The van der Waals surface area contributed by atoms with Crippen LogP contribution in [-0.2, 0) is 11.3 Å².